The van der Waals surface area contributed by atoms with Crippen LogP contribution < -0.4 is 0 Å². The first kappa shape index (κ1) is 15.6. The molecule has 0 unspecified atom stereocenters. The summed E-state index contributed by atoms with van der Waals surface area (Å²) in [6, 6.07) is 24.3. The van der Waals surface area contributed by atoms with Gasteiger partial charge in [0, 0.05) is 0 Å². The van der Waals surface area contributed by atoms with E-state index < -0.39 is 0 Å². The summed E-state index contributed by atoms with van der Waals surface area (Å²) in [6.07, 6.45) is 2.34. The lowest BCUT2D eigenvalue weighted by molar-refractivity contribution is 0.922. The lowest BCUT2D eigenvalue weighted by atomic mass is 9.89. The van der Waals surface area contributed by atoms with Crippen LogP contribution in [0.2, 0.25) is 0 Å². The number of hydrogen-bond acceptors (Lipinski definition) is 0. The largest absolute Gasteiger partial charge is 0.0651 e. The molecule has 116 valence electrons. The van der Waals surface area contributed by atoms with E-state index in [2.05, 4.69) is 87.5 Å². The first-order valence-corrected chi connectivity index (χ1v) is 8.45. The van der Waals surface area contributed by atoms with Crippen LogP contribution in [0.15, 0.2) is 66.7 Å². The van der Waals surface area contributed by atoms with Crippen molar-refractivity contribution in [2.24, 2.45) is 0 Å². The molecule has 0 amide bonds. The molecule has 0 fully saturated rings. The van der Waals surface area contributed by atoms with E-state index in [1.807, 2.05) is 0 Å². The van der Waals surface area contributed by atoms with E-state index in [0.717, 1.165) is 6.42 Å². The summed E-state index contributed by atoms with van der Waals surface area (Å²) >= 11 is 0. The fourth-order valence-corrected chi connectivity index (χ4v) is 3.33. The molecule has 3 aromatic rings. The van der Waals surface area contributed by atoms with Crippen molar-refractivity contribution in [1.82, 2.24) is 0 Å². The molecule has 0 spiro atoms. The molecule has 0 radical (unpaired) electrons. The van der Waals surface area contributed by atoms with Crippen molar-refractivity contribution in [2.75, 3.05) is 0 Å². The van der Waals surface area contributed by atoms with Gasteiger partial charge in [-0.1, -0.05) is 80.1 Å². The van der Waals surface area contributed by atoms with Crippen LogP contribution in [-0.4, -0.2) is 0 Å². The lowest BCUT2D eigenvalue weighted by Gasteiger charge is -2.15. The van der Waals surface area contributed by atoms with Crippen LogP contribution in [0.25, 0.3) is 22.3 Å². The molecule has 0 N–H and O–H groups in total. The average molecular weight is 300 g/mol. The van der Waals surface area contributed by atoms with Crippen molar-refractivity contribution < 1.29 is 0 Å². The minimum atomic E-state index is 1.15. The van der Waals surface area contributed by atoms with Crippen molar-refractivity contribution >= 4 is 0 Å². The van der Waals surface area contributed by atoms with Gasteiger partial charge in [-0.2, -0.15) is 0 Å². The topological polar surface area (TPSA) is 0 Å². The molecule has 0 nitrogen and oxygen atoms in total. The first-order chi connectivity index (χ1) is 11.2. The second kappa shape index (κ2) is 6.83. The number of aryl methyl sites for hydroxylation is 3. The fourth-order valence-electron chi connectivity index (χ4n) is 3.33. The Morgan fingerprint density at radius 1 is 0.652 bits per heavy atom. The van der Waals surface area contributed by atoms with Gasteiger partial charge in [-0.25, -0.2) is 0 Å². The Morgan fingerprint density at radius 3 is 1.87 bits per heavy atom. The second-order valence-corrected chi connectivity index (χ2v) is 6.26. The summed E-state index contributed by atoms with van der Waals surface area (Å²) in [5.41, 5.74) is 9.38. The van der Waals surface area contributed by atoms with Gasteiger partial charge in [-0.15, -0.1) is 0 Å². The Labute approximate surface area is 139 Å². The van der Waals surface area contributed by atoms with Crippen molar-refractivity contribution in [2.45, 2.75) is 33.6 Å². The number of benzene rings is 3. The molecule has 0 aliphatic rings. The van der Waals surface area contributed by atoms with Gasteiger partial charge in [0.2, 0.25) is 0 Å². The highest BCUT2D eigenvalue weighted by atomic mass is 14.1. The van der Waals surface area contributed by atoms with Gasteiger partial charge in [0.05, 0.1) is 0 Å². The second-order valence-electron chi connectivity index (χ2n) is 6.26. The standard InChI is InChI=1S/C23H24/c1-4-8-19-13-15-20(16-14-19)21-11-5-6-12-22(21)23-17(2)9-7-10-18(23)3/h5-7,9-16H,4,8H2,1-3H3. The molecular formula is C23H24. The van der Waals surface area contributed by atoms with Crippen LogP contribution in [0.1, 0.15) is 30.0 Å². The average Bonchev–Trinajstić information content (AvgIpc) is 2.56. The van der Waals surface area contributed by atoms with Gasteiger partial charge in [-0.05, 0) is 59.2 Å². The van der Waals surface area contributed by atoms with Crippen LogP contribution in [0.5, 0.6) is 0 Å². The summed E-state index contributed by atoms with van der Waals surface area (Å²) in [6.45, 7) is 6.62. The SMILES string of the molecule is CCCc1ccc(-c2ccccc2-c2c(C)cccc2C)cc1. The van der Waals surface area contributed by atoms with Crippen LogP contribution in [0.4, 0.5) is 0 Å². The third-order valence-corrected chi connectivity index (χ3v) is 4.48. The van der Waals surface area contributed by atoms with E-state index in [1.54, 1.807) is 0 Å². The van der Waals surface area contributed by atoms with Gasteiger partial charge in [0.1, 0.15) is 0 Å². The molecular weight excluding hydrogens is 276 g/mol. The van der Waals surface area contributed by atoms with Crippen LogP contribution in [0, 0.1) is 13.8 Å². The highest BCUT2D eigenvalue weighted by Crippen LogP contribution is 2.35. The predicted octanol–water partition coefficient (Wildman–Crippen LogP) is 6.59. The summed E-state index contributed by atoms with van der Waals surface area (Å²) in [5, 5.41) is 0. The monoisotopic (exact) mass is 300 g/mol. The maximum absolute atomic E-state index is 2.26. The molecule has 3 aromatic carbocycles. The molecule has 0 heterocycles. The minimum Gasteiger partial charge on any atom is -0.0651 e. The minimum absolute atomic E-state index is 1.15. The quantitative estimate of drug-likeness (QED) is 0.510. The molecule has 0 saturated heterocycles. The highest BCUT2D eigenvalue weighted by molar-refractivity contribution is 5.86. The zero-order valence-electron chi connectivity index (χ0n) is 14.3. The Hall–Kier alpha value is -2.34. The summed E-state index contributed by atoms with van der Waals surface area (Å²) < 4.78 is 0. The Kier molecular flexibility index (Phi) is 4.62. The fraction of sp³-hybridized carbons (Fsp3) is 0.217. The maximum atomic E-state index is 2.26. The zero-order chi connectivity index (χ0) is 16.2. The Bertz CT molecular complexity index is 774. The molecule has 0 aromatic heterocycles. The van der Waals surface area contributed by atoms with Crippen LogP contribution in [-0.2, 0) is 6.42 Å². The zero-order valence-corrected chi connectivity index (χ0v) is 14.3. The van der Waals surface area contributed by atoms with Crippen molar-refractivity contribution in [3.8, 4) is 22.3 Å². The van der Waals surface area contributed by atoms with Gasteiger partial charge in [0.25, 0.3) is 0 Å². The van der Waals surface area contributed by atoms with Crippen LogP contribution in [0.3, 0.4) is 0 Å². The summed E-state index contributed by atoms with van der Waals surface area (Å²) in [7, 11) is 0. The van der Waals surface area contributed by atoms with Gasteiger partial charge in [0.15, 0.2) is 0 Å². The van der Waals surface area contributed by atoms with Gasteiger partial charge < -0.3 is 0 Å². The smallest absolute Gasteiger partial charge is 0.0100 e. The molecule has 0 saturated carbocycles. The Morgan fingerprint density at radius 2 is 1.26 bits per heavy atom. The van der Waals surface area contributed by atoms with E-state index in [1.165, 1.54) is 45.4 Å². The van der Waals surface area contributed by atoms with Crippen molar-refractivity contribution in [3.63, 3.8) is 0 Å². The maximum Gasteiger partial charge on any atom is -0.0100 e. The molecule has 3 rings (SSSR count). The third kappa shape index (κ3) is 3.22. The molecule has 0 heteroatoms. The van der Waals surface area contributed by atoms with E-state index in [0.29, 0.717) is 0 Å². The highest BCUT2D eigenvalue weighted by Gasteiger charge is 2.11. The lowest BCUT2D eigenvalue weighted by Crippen LogP contribution is -1.91. The summed E-state index contributed by atoms with van der Waals surface area (Å²) in [5.74, 6) is 0. The predicted molar refractivity (Wildman–Crippen MR) is 101 cm³/mol. The van der Waals surface area contributed by atoms with E-state index in [9.17, 15) is 0 Å². The van der Waals surface area contributed by atoms with Crippen molar-refractivity contribution in [3.05, 3.63) is 83.4 Å². The van der Waals surface area contributed by atoms with E-state index in [4.69, 9.17) is 0 Å². The normalized spacial score (nSPS) is 10.7. The van der Waals surface area contributed by atoms with E-state index >= 15 is 0 Å². The third-order valence-electron chi connectivity index (χ3n) is 4.48. The van der Waals surface area contributed by atoms with E-state index in [-0.39, 0.29) is 0 Å². The first-order valence-electron chi connectivity index (χ1n) is 8.45. The Balaban J connectivity index is 2.11. The molecule has 0 aliphatic carbocycles. The molecule has 0 atom stereocenters. The van der Waals surface area contributed by atoms with Crippen LogP contribution >= 0.6 is 0 Å². The molecule has 0 aliphatic heterocycles. The van der Waals surface area contributed by atoms with Crippen molar-refractivity contribution in [1.29, 1.82) is 0 Å². The molecule has 0 bridgehead atoms. The summed E-state index contributed by atoms with van der Waals surface area (Å²) in [4.78, 5) is 0. The van der Waals surface area contributed by atoms with Gasteiger partial charge in [-0.3, -0.25) is 0 Å². The number of hydrogen-bond donors (Lipinski definition) is 0. The van der Waals surface area contributed by atoms with Gasteiger partial charge >= 0.3 is 0 Å². The molecule has 23 heavy (non-hydrogen) atoms. The number of rotatable bonds is 4.